The van der Waals surface area contributed by atoms with Crippen molar-refractivity contribution >= 4 is 12.2 Å². The molecule has 0 amide bonds. The molecule has 68 valence electrons. The van der Waals surface area contributed by atoms with Gasteiger partial charge in [-0.2, -0.15) is 10.1 Å². The summed E-state index contributed by atoms with van der Waals surface area (Å²) in [5, 5.41) is 7.03. The number of nitrogens with zero attached hydrogens (tertiary/aromatic N) is 3. The first-order valence-electron chi connectivity index (χ1n) is 4.06. The number of carbonyl (C=O) groups excluding carboxylic acids is 1. The van der Waals surface area contributed by atoms with E-state index in [1.807, 2.05) is 13.8 Å². The van der Waals surface area contributed by atoms with Gasteiger partial charge in [-0.3, -0.25) is 4.79 Å². The van der Waals surface area contributed by atoms with Gasteiger partial charge < -0.3 is 5.32 Å². The first-order chi connectivity index (χ1) is 6.24. The molecule has 13 heavy (non-hydrogen) atoms. The quantitative estimate of drug-likeness (QED) is 0.644. The smallest absolute Gasteiger partial charge is 0.225 e. The first kappa shape index (κ1) is 7.97. The summed E-state index contributed by atoms with van der Waals surface area (Å²) in [6.45, 7) is 3.78. The summed E-state index contributed by atoms with van der Waals surface area (Å²) in [5.74, 6) is 0.690. The van der Waals surface area contributed by atoms with Crippen LogP contribution in [0.25, 0.3) is 0 Å². The number of hydrogen-bond acceptors (Lipinski definition) is 4. The summed E-state index contributed by atoms with van der Waals surface area (Å²) in [4.78, 5) is 14.8. The van der Waals surface area contributed by atoms with E-state index in [4.69, 9.17) is 0 Å². The Morgan fingerprint density at radius 3 is 3.15 bits per heavy atom. The van der Waals surface area contributed by atoms with E-state index in [0.717, 1.165) is 17.6 Å². The summed E-state index contributed by atoms with van der Waals surface area (Å²) in [6.07, 6.45) is 2.33. The minimum Gasteiger partial charge on any atom is -0.328 e. The van der Waals surface area contributed by atoms with Gasteiger partial charge in [0, 0.05) is 11.3 Å². The lowest BCUT2D eigenvalue weighted by atomic mass is 10.1. The molecule has 1 aromatic heterocycles. The maximum atomic E-state index is 10.8. The molecule has 0 saturated carbocycles. The highest BCUT2D eigenvalue weighted by Crippen LogP contribution is 2.26. The molecule has 0 bridgehead atoms. The number of rotatable bonds is 1. The van der Waals surface area contributed by atoms with Crippen LogP contribution in [0.5, 0.6) is 0 Å². The average molecular weight is 178 g/mol. The van der Waals surface area contributed by atoms with Gasteiger partial charge in [0.15, 0.2) is 0 Å². The van der Waals surface area contributed by atoms with Gasteiger partial charge in [0.25, 0.3) is 0 Å². The van der Waals surface area contributed by atoms with Crippen molar-refractivity contribution in [1.29, 1.82) is 0 Å². The van der Waals surface area contributed by atoms with Crippen molar-refractivity contribution in [3.63, 3.8) is 0 Å². The highest BCUT2D eigenvalue weighted by atomic mass is 16.1. The lowest BCUT2D eigenvalue weighted by Gasteiger charge is -2.22. The lowest BCUT2D eigenvalue weighted by molar-refractivity contribution is -0.105. The molecule has 5 nitrogen and oxygen atoms in total. The molecule has 1 aliphatic rings. The molecule has 1 N–H and O–H groups in total. The summed E-state index contributed by atoms with van der Waals surface area (Å²) in [6, 6.07) is -0.0313. The Balaban J connectivity index is 2.50. The first-order valence-corrected chi connectivity index (χ1v) is 4.06. The zero-order chi connectivity index (χ0) is 9.42. The SMILES string of the molecule is CC1=C(C=O)[C@H](C)n2ncnc2N1. The number of allylic oxidation sites excluding steroid dienone is 2. The van der Waals surface area contributed by atoms with E-state index in [2.05, 4.69) is 15.4 Å². The van der Waals surface area contributed by atoms with E-state index in [1.54, 1.807) is 4.68 Å². The van der Waals surface area contributed by atoms with Gasteiger partial charge in [0.05, 0.1) is 6.04 Å². The van der Waals surface area contributed by atoms with Crippen molar-refractivity contribution in [2.24, 2.45) is 0 Å². The number of carbonyl (C=O) groups is 1. The third-order valence-corrected chi connectivity index (χ3v) is 2.25. The van der Waals surface area contributed by atoms with E-state index in [9.17, 15) is 4.79 Å². The van der Waals surface area contributed by atoms with Crippen molar-refractivity contribution in [1.82, 2.24) is 14.8 Å². The number of fused-ring (bicyclic) bond motifs is 1. The Bertz CT molecular complexity index is 379. The Morgan fingerprint density at radius 2 is 2.46 bits per heavy atom. The summed E-state index contributed by atoms with van der Waals surface area (Å²) >= 11 is 0. The van der Waals surface area contributed by atoms with Gasteiger partial charge in [-0.25, -0.2) is 4.68 Å². The maximum absolute atomic E-state index is 10.8. The van der Waals surface area contributed by atoms with Crippen LogP contribution >= 0.6 is 0 Å². The fraction of sp³-hybridized carbons (Fsp3) is 0.375. The molecule has 0 radical (unpaired) electrons. The third kappa shape index (κ3) is 1.04. The van der Waals surface area contributed by atoms with Gasteiger partial charge in [-0.1, -0.05) is 0 Å². The molecule has 1 aliphatic heterocycles. The van der Waals surface area contributed by atoms with Crippen LogP contribution in [0.2, 0.25) is 0 Å². The number of aldehydes is 1. The second-order valence-electron chi connectivity index (χ2n) is 3.03. The van der Waals surface area contributed by atoms with Crippen molar-refractivity contribution in [3.05, 3.63) is 17.6 Å². The molecule has 2 heterocycles. The van der Waals surface area contributed by atoms with Gasteiger partial charge in [-0.15, -0.1) is 0 Å². The minimum atomic E-state index is -0.0313. The molecule has 2 rings (SSSR count). The average Bonchev–Trinajstić information content (AvgIpc) is 2.53. The Labute approximate surface area is 75.5 Å². The monoisotopic (exact) mass is 178 g/mol. The Hall–Kier alpha value is -1.65. The fourth-order valence-electron chi connectivity index (χ4n) is 1.49. The molecule has 0 spiro atoms. The van der Waals surface area contributed by atoms with Crippen LogP contribution in [0.3, 0.4) is 0 Å². The molecule has 5 heteroatoms. The molecule has 0 aromatic carbocycles. The summed E-state index contributed by atoms with van der Waals surface area (Å²) in [7, 11) is 0. The number of aromatic nitrogens is 3. The van der Waals surface area contributed by atoms with E-state index >= 15 is 0 Å². The van der Waals surface area contributed by atoms with E-state index < -0.39 is 0 Å². The standard InChI is InChI=1S/C8H10N4O/c1-5-7(3-13)6(2)12-8(11-5)9-4-10-12/h3-4,6H,1-2H3,(H,9,10,11)/t6-/m0/s1. The fourth-order valence-corrected chi connectivity index (χ4v) is 1.49. The van der Waals surface area contributed by atoms with E-state index in [0.29, 0.717) is 5.95 Å². The number of anilines is 1. The van der Waals surface area contributed by atoms with Crippen molar-refractivity contribution in [2.45, 2.75) is 19.9 Å². The van der Waals surface area contributed by atoms with Crippen LogP contribution in [0.15, 0.2) is 17.6 Å². The van der Waals surface area contributed by atoms with Crippen molar-refractivity contribution in [2.75, 3.05) is 5.32 Å². The highest BCUT2D eigenvalue weighted by molar-refractivity contribution is 5.77. The topological polar surface area (TPSA) is 59.8 Å². The van der Waals surface area contributed by atoms with Crippen LogP contribution in [0.1, 0.15) is 19.9 Å². The number of hydrogen-bond donors (Lipinski definition) is 1. The molecule has 0 unspecified atom stereocenters. The lowest BCUT2D eigenvalue weighted by Crippen LogP contribution is -2.22. The van der Waals surface area contributed by atoms with Gasteiger partial charge in [-0.05, 0) is 13.8 Å². The normalized spacial score (nSPS) is 20.9. The predicted octanol–water partition coefficient (Wildman–Crippen LogP) is 0.737. The zero-order valence-corrected chi connectivity index (χ0v) is 7.48. The molecule has 0 saturated heterocycles. The van der Waals surface area contributed by atoms with E-state index in [1.165, 1.54) is 6.33 Å². The van der Waals surface area contributed by atoms with Crippen LogP contribution < -0.4 is 5.32 Å². The van der Waals surface area contributed by atoms with Crippen molar-refractivity contribution in [3.8, 4) is 0 Å². The predicted molar refractivity (Wildman–Crippen MR) is 47.1 cm³/mol. The Morgan fingerprint density at radius 1 is 1.69 bits per heavy atom. The molecule has 0 fully saturated rings. The molecule has 0 aliphatic carbocycles. The van der Waals surface area contributed by atoms with Gasteiger partial charge in [0.2, 0.25) is 5.95 Å². The highest BCUT2D eigenvalue weighted by Gasteiger charge is 2.22. The number of nitrogens with one attached hydrogen (secondary N) is 1. The zero-order valence-electron chi connectivity index (χ0n) is 7.48. The van der Waals surface area contributed by atoms with Gasteiger partial charge in [0.1, 0.15) is 12.6 Å². The Kier molecular flexibility index (Phi) is 1.65. The molecular weight excluding hydrogens is 168 g/mol. The molecule has 1 atom stereocenters. The second kappa shape index (κ2) is 2.69. The van der Waals surface area contributed by atoms with Crippen LogP contribution in [-0.2, 0) is 4.79 Å². The minimum absolute atomic E-state index is 0.0313. The van der Waals surface area contributed by atoms with Gasteiger partial charge >= 0.3 is 0 Å². The largest absolute Gasteiger partial charge is 0.328 e. The van der Waals surface area contributed by atoms with Crippen molar-refractivity contribution < 1.29 is 4.79 Å². The second-order valence-corrected chi connectivity index (χ2v) is 3.03. The molecule has 1 aromatic rings. The third-order valence-electron chi connectivity index (χ3n) is 2.25. The van der Waals surface area contributed by atoms with Crippen LogP contribution in [0.4, 0.5) is 5.95 Å². The van der Waals surface area contributed by atoms with Crippen LogP contribution in [-0.4, -0.2) is 21.1 Å². The van der Waals surface area contributed by atoms with Crippen LogP contribution in [0, 0.1) is 0 Å². The summed E-state index contributed by atoms with van der Waals surface area (Å²) in [5.41, 5.74) is 1.57. The maximum Gasteiger partial charge on any atom is 0.225 e. The summed E-state index contributed by atoms with van der Waals surface area (Å²) < 4.78 is 1.69. The van der Waals surface area contributed by atoms with E-state index in [-0.39, 0.29) is 6.04 Å². The molecular formula is C8H10N4O.